The molecule has 1 aliphatic carbocycles. The molecule has 142 valence electrons. The van der Waals surface area contributed by atoms with Crippen molar-refractivity contribution in [3.63, 3.8) is 0 Å². The van der Waals surface area contributed by atoms with Crippen LogP contribution in [0.5, 0.6) is 0 Å². The summed E-state index contributed by atoms with van der Waals surface area (Å²) in [6.07, 6.45) is 7.62. The maximum atomic E-state index is 12.6. The van der Waals surface area contributed by atoms with E-state index >= 15 is 0 Å². The van der Waals surface area contributed by atoms with Gasteiger partial charge in [0.2, 0.25) is 5.91 Å². The van der Waals surface area contributed by atoms with Crippen molar-refractivity contribution < 1.29 is 9.53 Å². The van der Waals surface area contributed by atoms with E-state index in [0.29, 0.717) is 17.9 Å². The van der Waals surface area contributed by atoms with Gasteiger partial charge in [-0.3, -0.25) is 4.79 Å². The highest BCUT2D eigenvalue weighted by Gasteiger charge is 2.46. The zero-order valence-corrected chi connectivity index (χ0v) is 16.0. The van der Waals surface area contributed by atoms with Gasteiger partial charge in [-0.05, 0) is 56.9 Å². The van der Waals surface area contributed by atoms with Crippen LogP contribution in [0.3, 0.4) is 0 Å². The summed E-state index contributed by atoms with van der Waals surface area (Å²) < 4.78 is 5.48. The summed E-state index contributed by atoms with van der Waals surface area (Å²) in [5.74, 6) is 1.04. The minimum Gasteiger partial charge on any atom is -0.381 e. The molecule has 1 aromatic rings. The van der Waals surface area contributed by atoms with Crippen LogP contribution in [0.1, 0.15) is 56.1 Å². The van der Waals surface area contributed by atoms with E-state index in [4.69, 9.17) is 4.74 Å². The first-order valence-electron chi connectivity index (χ1n) is 10.3. The summed E-state index contributed by atoms with van der Waals surface area (Å²) in [5, 5.41) is 3.77. The lowest BCUT2D eigenvalue weighted by atomic mass is 9.77. The number of carbonyl (C=O) groups excluding carboxylic acids is 1. The second-order valence-corrected chi connectivity index (χ2v) is 8.60. The van der Waals surface area contributed by atoms with Gasteiger partial charge in [-0.15, -0.1) is 0 Å². The van der Waals surface area contributed by atoms with Crippen LogP contribution in [-0.2, 0) is 16.1 Å². The topological polar surface area (TPSA) is 41.6 Å². The Hall–Kier alpha value is -1.39. The first-order chi connectivity index (χ1) is 12.6. The van der Waals surface area contributed by atoms with E-state index in [9.17, 15) is 4.79 Å². The molecule has 0 radical (unpaired) electrons. The van der Waals surface area contributed by atoms with E-state index in [1.54, 1.807) is 0 Å². The number of hydrogen-bond donors (Lipinski definition) is 1. The first-order valence-corrected chi connectivity index (χ1v) is 10.3. The summed E-state index contributed by atoms with van der Waals surface area (Å²) in [6, 6.07) is 9.25. The van der Waals surface area contributed by atoms with Gasteiger partial charge in [0.1, 0.15) is 0 Å². The summed E-state index contributed by atoms with van der Waals surface area (Å²) in [5.41, 5.74) is 2.64. The molecule has 2 heterocycles. The predicted molar refractivity (Wildman–Crippen MR) is 103 cm³/mol. The molecule has 3 aliphatic rings. The Balaban J connectivity index is 1.34. The standard InChI is InChI=1S/C22H32N2O2/c1-17-2-4-18(5-3-17)15-24-21(25)8-12-22(24)10-6-20(7-11-22)23-14-19-9-13-26-16-19/h2-5,19-20,23H,6-16H2,1H3. The fourth-order valence-corrected chi connectivity index (χ4v) is 4.96. The molecule has 26 heavy (non-hydrogen) atoms. The molecular weight excluding hydrogens is 324 g/mol. The Morgan fingerprint density at radius 2 is 1.92 bits per heavy atom. The lowest BCUT2D eigenvalue weighted by molar-refractivity contribution is -0.133. The third-order valence-corrected chi connectivity index (χ3v) is 6.77. The van der Waals surface area contributed by atoms with E-state index in [0.717, 1.165) is 52.0 Å². The smallest absolute Gasteiger partial charge is 0.223 e. The first kappa shape index (κ1) is 18.0. The van der Waals surface area contributed by atoms with Crippen LogP contribution >= 0.6 is 0 Å². The molecular formula is C22H32N2O2. The number of likely N-dealkylation sites (tertiary alicyclic amines) is 1. The molecule has 1 N–H and O–H groups in total. The van der Waals surface area contributed by atoms with Crippen molar-refractivity contribution in [3.8, 4) is 0 Å². The number of nitrogens with zero attached hydrogens (tertiary/aromatic N) is 1. The highest BCUT2D eigenvalue weighted by molar-refractivity contribution is 5.79. The van der Waals surface area contributed by atoms with Gasteiger partial charge in [-0.25, -0.2) is 0 Å². The predicted octanol–water partition coefficient (Wildman–Crippen LogP) is 3.42. The van der Waals surface area contributed by atoms with Gasteiger partial charge in [0, 0.05) is 37.7 Å². The number of benzene rings is 1. The van der Waals surface area contributed by atoms with Crippen LogP contribution in [0, 0.1) is 12.8 Å². The van der Waals surface area contributed by atoms with Gasteiger partial charge in [0.25, 0.3) is 0 Å². The molecule has 0 bridgehead atoms. The molecule has 0 aromatic heterocycles. The van der Waals surface area contributed by atoms with Gasteiger partial charge in [0.05, 0.1) is 6.61 Å². The van der Waals surface area contributed by atoms with E-state index in [2.05, 4.69) is 41.4 Å². The van der Waals surface area contributed by atoms with Crippen molar-refractivity contribution in [2.24, 2.45) is 5.92 Å². The zero-order chi connectivity index (χ0) is 18.0. The van der Waals surface area contributed by atoms with Crippen molar-refractivity contribution in [2.45, 2.75) is 70.0 Å². The summed E-state index contributed by atoms with van der Waals surface area (Å²) in [7, 11) is 0. The zero-order valence-electron chi connectivity index (χ0n) is 16.0. The molecule has 4 rings (SSSR count). The lowest BCUT2D eigenvalue weighted by Crippen LogP contribution is -2.50. The van der Waals surface area contributed by atoms with Gasteiger partial charge < -0.3 is 15.0 Å². The summed E-state index contributed by atoms with van der Waals surface area (Å²) in [4.78, 5) is 14.8. The number of aryl methyl sites for hydroxylation is 1. The Bertz CT molecular complexity index is 614. The van der Waals surface area contributed by atoms with Crippen molar-refractivity contribution >= 4 is 5.91 Å². The maximum Gasteiger partial charge on any atom is 0.223 e. The van der Waals surface area contributed by atoms with Gasteiger partial charge in [-0.1, -0.05) is 29.8 Å². The minimum absolute atomic E-state index is 0.108. The molecule has 4 nitrogen and oxygen atoms in total. The SMILES string of the molecule is Cc1ccc(CN2C(=O)CCC23CCC(NCC2CCOC2)CC3)cc1. The van der Waals surface area contributed by atoms with Gasteiger partial charge in [0.15, 0.2) is 0 Å². The van der Waals surface area contributed by atoms with Crippen molar-refractivity contribution in [1.82, 2.24) is 10.2 Å². The van der Waals surface area contributed by atoms with Gasteiger partial charge in [-0.2, -0.15) is 0 Å². The fourth-order valence-electron chi connectivity index (χ4n) is 4.96. The molecule has 2 aliphatic heterocycles. The van der Waals surface area contributed by atoms with Crippen LogP contribution in [0.15, 0.2) is 24.3 Å². The van der Waals surface area contributed by atoms with Crippen molar-refractivity contribution in [1.29, 1.82) is 0 Å². The minimum atomic E-state index is 0.108. The Labute approximate surface area is 157 Å². The average Bonchev–Trinajstić information content (AvgIpc) is 3.27. The number of hydrogen-bond acceptors (Lipinski definition) is 3. The molecule has 1 atom stereocenters. The molecule has 2 saturated heterocycles. The highest BCUT2D eigenvalue weighted by atomic mass is 16.5. The second-order valence-electron chi connectivity index (χ2n) is 8.60. The fraction of sp³-hybridized carbons (Fsp3) is 0.682. The Morgan fingerprint density at radius 3 is 2.62 bits per heavy atom. The summed E-state index contributed by atoms with van der Waals surface area (Å²) >= 11 is 0. The van der Waals surface area contributed by atoms with E-state index in [-0.39, 0.29) is 5.54 Å². The molecule has 1 amide bonds. The number of amides is 1. The van der Waals surface area contributed by atoms with Crippen LogP contribution in [-0.4, -0.2) is 42.1 Å². The number of ether oxygens (including phenoxy) is 1. The molecule has 1 aromatic carbocycles. The molecule has 1 unspecified atom stereocenters. The Kier molecular flexibility index (Phi) is 5.32. The largest absolute Gasteiger partial charge is 0.381 e. The van der Waals surface area contributed by atoms with E-state index in [1.807, 2.05) is 0 Å². The number of carbonyl (C=O) groups is 1. The number of rotatable bonds is 5. The van der Waals surface area contributed by atoms with Crippen LogP contribution in [0.4, 0.5) is 0 Å². The number of nitrogens with one attached hydrogen (secondary N) is 1. The lowest BCUT2D eigenvalue weighted by Gasteiger charge is -2.44. The average molecular weight is 357 g/mol. The third-order valence-electron chi connectivity index (χ3n) is 6.77. The van der Waals surface area contributed by atoms with Crippen LogP contribution in [0.25, 0.3) is 0 Å². The van der Waals surface area contributed by atoms with Crippen molar-refractivity contribution in [2.75, 3.05) is 19.8 Å². The van der Waals surface area contributed by atoms with Crippen LogP contribution in [0.2, 0.25) is 0 Å². The maximum absolute atomic E-state index is 12.6. The van der Waals surface area contributed by atoms with E-state index in [1.165, 1.54) is 30.4 Å². The van der Waals surface area contributed by atoms with E-state index < -0.39 is 0 Å². The van der Waals surface area contributed by atoms with Crippen molar-refractivity contribution in [3.05, 3.63) is 35.4 Å². The Morgan fingerprint density at radius 1 is 1.15 bits per heavy atom. The van der Waals surface area contributed by atoms with Crippen LogP contribution < -0.4 is 5.32 Å². The quantitative estimate of drug-likeness (QED) is 0.879. The molecule has 1 saturated carbocycles. The molecule has 4 heteroatoms. The molecule has 1 spiro atoms. The molecule has 3 fully saturated rings. The normalized spacial score (nSPS) is 31.9. The monoisotopic (exact) mass is 356 g/mol. The second kappa shape index (κ2) is 7.69. The van der Waals surface area contributed by atoms with Gasteiger partial charge >= 0.3 is 0 Å². The highest BCUT2D eigenvalue weighted by Crippen LogP contribution is 2.43. The summed E-state index contributed by atoms with van der Waals surface area (Å²) in [6.45, 7) is 5.82. The third kappa shape index (κ3) is 3.81.